The van der Waals surface area contributed by atoms with E-state index in [9.17, 15) is 5.11 Å². The largest absolute Gasteiger partial charge is 0.489 e. The first-order valence-corrected chi connectivity index (χ1v) is 6.45. The van der Waals surface area contributed by atoms with E-state index in [1.54, 1.807) is 13.2 Å². The molecule has 0 aliphatic carbocycles. The number of halogens is 1. The molecule has 1 aromatic rings. The zero-order valence-corrected chi connectivity index (χ0v) is 11.7. The van der Waals surface area contributed by atoms with Crippen LogP contribution in [-0.2, 0) is 11.3 Å². The molecule has 0 bridgehead atoms. The Morgan fingerprint density at radius 1 is 1.42 bits per heavy atom. The standard InChI is InChI=1S/C13H20ClNO4/c1-18-6-5-15-7-10-3-2-4-12(14)13(10)19-9-11(17)8-16/h2-4,11,15-17H,5-9H2,1H3. The first-order valence-electron chi connectivity index (χ1n) is 6.07. The van der Waals surface area contributed by atoms with E-state index < -0.39 is 6.10 Å². The SMILES string of the molecule is COCCNCc1cccc(Cl)c1OCC(O)CO. The van der Waals surface area contributed by atoms with Gasteiger partial charge in [0.25, 0.3) is 0 Å². The van der Waals surface area contributed by atoms with Crippen LogP contribution in [0.15, 0.2) is 18.2 Å². The first kappa shape index (κ1) is 16.2. The van der Waals surface area contributed by atoms with Crippen LogP contribution in [0.1, 0.15) is 5.56 Å². The second-order valence-corrected chi connectivity index (χ2v) is 4.45. The summed E-state index contributed by atoms with van der Waals surface area (Å²) in [5.74, 6) is 0.529. The zero-order chi connectivity index (χ0) is 14.1. The van der Waals surface area contributed by atoms with E-state index in [2.05, 4.69) is 5.32 Å². The maximum atomic E-state index is 9.30. The van der Waals surface area contributed by atoms with Gasteiger partial charge >= 0.3 is 0 Å². The summed E-state index contributed by atoms with van der Waals surface area (Å²) < 4.78 is 10.4. The van der Waals surface area contributed by atoms with Gasteiger partial charge < -0.3 is 25.0 Å². The highest BCUT2D eigenvalue weighted by molar-refractivity contribution is 6.32. The normalized spacial score (nSPS) is 12.4. The predicted molar refractivity (Wildman–Crippen MR) is 73.6 cm³/mol. The van der Waals surface area contributed by atoms with E-state index >= 15 is 0 Å². The summed E-state index contributed by atoms with van der Waals surface area (Å²) in [5, 5.41) is 21.7. The summed E-state index contributed by atoms with van der Waals surface area (Å²) in [7, 11) is 1.64. The van der Waals surface area contributed by atoms with Gasteiger partial charge in [-0.3, -0.25) is 0 Å². The Balaban J connectivity index is 2.61. The smallest absolute Gasteiger partial charge is 0.142 e. The number of hydrogen-bond donors (Lipinski definition) is 3. The number of aliphatic hydroxyl groups is 2. The molecule has 0 spiro atoms. The minimum absolute atomic E-state index is 0.00526. The Kier molecular flexibility index (Phi) is 7.78. The van der Waals surface area contributed by atoms with Crippen LogP contribution in [0, 0.1) is 0 Å². The molecule has 108 valence electrons. The molecule has 5 nitrogen and oxygen atoms in total. The Hall–Kier alpha value is -0.850. The van der Waals surface area contributed by atoms with Crippen molar-refractivity contribution in [1.29, 1.82) is 0 Å². The van der Waals surface area contributed by atoms with Crippen molar-refractivity contribution in [2.45, 2.75) is 12.6 Å². The second-order valence-electron chi connectivity index (χ2n) is 4.05. The molecule has 3 N–H and O–H groups in total. The van der Waals surface area contributed by atoms with E-state index in [0.717, 1.165) is 12.1 Å². The van der Waals surface area contributed by atoms with Crippen LogP contribution in [0.2, 0.25) is 5.02 Å². The topological polar surface area (TPSA) is 71.0 Å². The fourth-order valence-electron chi connectivity index (χ4n) is 1.48. The van der Waals surface area contributed by atoms with Crippen LogP contribution in [0.4, 0.5) is 0 Å². The number of methoxy groups -OCH3 is 1. The molecule has 0 fully saturated rings. The fourth-order valence-corrected chi connectivity index (χ4v) is 1.73. The lowest BCUT2D eigenvalue weighted by atomic mass is 10.2. The van der Waals surface area contributed by atoms with Crippen LogP contribution in [0.5, 0.6) is 5.75 Å². The zero-order valence-electron chi connectivity index (χ0n) is 10.9. The first-order chi connectivity index (χ1) is 9.19. The summed E-state index contributed by atoms with van der Waals surface area (Å²) >= 11 is 6.07. The summed E-state index contributed by atoms with van der Waals surface area (Å²) in [6, 6.07) is 5.46. The number of hydrogen-bond acceptors (Lipinski definition) is 5. The minimum Gasteiger partial charge on any atom is -0.489 e. The highest BCUT2D eigenvalue weighted by atomic mass is 35.5. The molecule has 0 aromatic heterocycles. The number of ether oxygens (including phenoxy) is 2. The molecule has 1 atom stereocenters. The highest BCUT2D eigenvalue weighted by Crippen LogP contribution is 2.28. The Labute approximate surface area is 118 Å². The van der Waals surface area contributed by atoms with Gasteiger partial charge in [0.15, 0.2) is 0 Å². The molecule has 0 aliphatic rings. The average molecular weight is 290 g/mol. The second kappa shape index (κ2) is 9.12. The monoisotopic (exact) mass is 289 g/mol. The highest BCUT2D eigenvalue weighted by Gasteiger charge is 2.10. The van der Waals surface area contributed by atoms with Gasteiger partial charge in [-0.25, -0.2) is 0 Å². The van der Waals surface area contributed by atoms with Crippen LogP contribution in [0.25, 0.3) is 0 Å². The molecule has 0 heterocycles. The number of rotatable bonds is 9. The molecule has 0 saturated heterocycles. The quantitative estimate of drug-likeness (QED) is 0.587. The number of para-hydroxylation sites is 1. The molecule has 1 aromatic carbocycles. The Bertz CT molecular complexity index is 376. The summed E-state index contributed by atoms with van der Waals surface area (Å²) in [4.78, 5) is 0. The molecule has 0 amide bonds. The van der Waals surface area contributed by atoms with Crippen LogP contribution >= 0.6 is 11.6 Å². The van der Waals surface area contributed by atoms with Gasteiger partial charge in [-0.05, 0) is 6.07 Å². The van der Waals surface area contributed by atoms with Crippen molar-refractivity contribution in [3.63, 3.8) is 0 Å². The van der Waals surface area contributed by atoms with E-state index in [0.29, 0.717) is 23.9 Å². The van der Waals surface area contributed by atoms with Gasteiger partial charge in [-0.1, -0.05) is 23.7 Å². The van der Waals surface area contributed by atoms with Gasteiger partial charge in [0.1, 0.15) is 18.5 Å². The average Bonchev–Trinajstić information content (AvgIpc) is 2.42. The summed E-state index contributed by atoms with van der Waals surface area (Å²) in [5.41, 5.74) is 0.897. The third kappa shape index (κ3) is 5.76. The van der Waals surface area contributed by atoms with Crippen LogP contribution in [-0.4, -0.2) is 49.8 Å². The number of nitrogens with one attached hydrogen (secondary N) is 1. The van der Waals surface area contributed by atoms with Crippen molar-refractivity contribution in [3.05, 3.63) is 28.8 Å². The Morgan fingerprint density at radius 3 is 2.89 bits per heavy atom. The third-order valence-electron chi connectivity index (χ3n) is 2.48. The predicted octanol–water partition coefficient (Wildman–Crippen LogP) is 0.808. The lowest BCUT2D eigenvalue weighted by Gasteiger charge is -2.15. The van der Waals surface area contributed by atoms with Crippen molar-refractivity contribution in [1.82, 2.24) is 5.32 Å². The molecule has 6 heteroatoms. The lowest BCUT2D eigenvalue weighted by Crippen LogP contribution is -2.23. The van der Waals surface area contributed by atoms with Crippen molar-refractivity contribution in [3.8, 4) is 5.75 Å². The molecule has 0 saturated carbocycles. The van der Waals surface area contributed by atoms with Gasteiger partial charge in [0.05, 0.1) is 18.2 Å². The van der Waals surface area contributed by atoms with Crippen LogP contribution in [0.3, 0.4) is 0 Å². The molecule has 1 unspecified atom stereocenters. The number of aliphatic hydroxyl groups excluding tert-OH is 2. The van der Waals surface area contributed by atoms with Gasteiger partial charge in [-0.15, -0.1) is 0 Å². The molecular weight excluding hydrogens is 270 g/mol. The molecular formula is C13H20ClNO4. The summed E-state index contributed by atoms with van der Waals surface area (Å²) in [6.07, 6.45) is -0.912. The van der Waals surface area contributed by atoms with Gasteiger partial charge in [-0.2, -0.15) is 0 Å². The van der Waals surface area contributed by atoms with Crippen molar-refractivity contribution in [2.24, 2.45) is 0 Å². The third-order valence-corrected chi connectivity index (χ3v) is 2.78. The van der Waals surface area contributed by atoms with Gasteiger partial charge in [0, 0.05) is 25.8 Å². The van der Waals surface area contributed by atoms with Gasteiger partial charge in [0.2, 0.25) is 0 Å². The number of benzene rings is 1. The Morgan fingerprint density at radius 2 is 2.21 bits per heavy atom. The van der Waals surface area contributed by atoms with Crippen LogP contribution < -0.4 is 10.1 Å². The lowest BCUT2D eigenvalue weighted by molar-refractivity contribution is 0.0533. The maximum absolute atomic E-state index is 9.30. The van der Waals surface area contributed by atoms with Crippen molar-refractivity contribution < 1.29 is 19.7 Å². The fraction of sp³-hybridized carbons (Fsp3) is 0.538. The minimum atomic E-state index is -0.912. The van der Waals surface area contributed by atoms with Crippen molar-refractivity contribution in [2.75, 3.05) is 33.5 Å². The molecule has 1 rings (SSSR count). The van der Waals surface area contributed by atoms with E-state index in [1.807, 2.05) is 12.1 Å². The van der Waals surface area contributed by atoms with E-state index in [-0.39, 0.29) is 13.2 Å². The van der Waals surface area contributed by atoms with Crippen molar-refractivity contribution >= 4 is 11.6 Å². The molecule has 0 aliphatic heterocycles. The molecule has 0 radical (unpaired) electrons. The maximum Gasteiger partial charge on any atom is 0.142 e. The van der Waals surface area contributed by atoms with E-state index in [1.165, 1.54) is 0 Å². The summed E-state index contributed by atoms with van der Waals surface area (Å²) in [6.45, 7) is 1.60. The molecule has 19 heavy (non-hydrogen) atoms. The van der Waals surface area contributed by atoms with E-state index in [4.69, 9.17) is 26.2 Å².